The lowest BCUT2D eigenvalue weighted by molar-refractivity contribution is 0.0597. The van der Waals surface area contributed by atoms with E-state index in [4.69, 9.17) is 9.47 Å². The first-order chi connectivity index (χ1) is 8.93. The van der Waals surface area contributed by atoms with Crippen LogP contribution in [0.5, 0.6) is 11.5 Å². The first kappa shape index (κ1) is 15.8. The molecular weight excluding hydrogens is 242 g/mol. The molecule has 0 bridgehead atoms. The van der Waals surface area contributed by atoms with Gasteiger partial charge in [0, 0.05) is 18.2 Å². The van der Waals surface area contributed by atoms with Gasteiger partial charge in [0.25, 0.3) is 0 Å². The molecule has 0 aliphatic rings. The molecule has 1 aromatic carbocycles. The second-order valence-electron chi connectivity index (χ2n) is 5.07. The van der Waals surface area contributed by atoms with Crippen LogP contribution in [-0.2, 0) is 6.54 Å². The Balaban J connectivity index is 2.88. The van der Waals surface area contributed by atoms with Gasteiger partial charge in [-0.2, -0.15) is 0 Å². The fourth-order valence-electron chi connectivity index (χ4n) is 1.55. The number of methoxy groups -OCH3 is 1. The van der Waals surface area contributed by atoms with Crippen molar-refractivity contribution < 1.29 is 14.6 Å². The van der Waals surface area contributed by atoms with Gasteiger partial charge in [0.05, 0.1) is 13.2 Å². The van der Waals surface area contributed by atoms with Gasteiger partial charge in [0.15, 0.2) is 0 Å². The van der Waals surface area contributed by atoms with Crippen molar-refractivity contribution in [2.45, 2.75) is 52.5 Å². The van der Waals surface area contributed by atoms with E-state index in [1.165, 1.54) is 0 Å². The quantitative estimate of drug-likeness (QED) is 0.796. The number of benzene rings is 1. The van der Waals surface area contributed by atoms with Crippen LogP contribution in [0.25, 0.3) is 0 Å². The van der Waals surface area contributed by atoms with E-state index in [-0.39, 0.29) is 6.10 Å². The molecule has 1 aromatic rings. The molecule has 4 nitrogen and oxygen atoms in total. The van der Waals surface area contributed by atoms with Crippen molar-refractivity contribution in [3.05, 3.63) is 23.8 Å². The van der Waals surface area contributed by atoms with Gasteiger partial charge in [0.2, 0.25) is 0 Å². The van der Waals surface area contributed by atoms with E-state index >= 15 is 0 Å². The fourth-order valence-corrected chi connectivity index (χ4v) is 1.55. The molecule has 108 valence electrons. The topological polar surface area (TPSA) is 50.7 Å². The molecule has 2 atom stereocenters. The minimum Gasteiger partial charge on any atom is -0.497 e. The fraction of sp³-hybridized carbons (Fsp3) is 0.600. The number of nitrogens with one attached hydrogen (secondary N) is 1. The average molecular weight is 267 g/mol. The Labute approximate surface area is 115 Å². The Kier molecular flexibility index (Phi) is 6.12. The minimum atomic E-state index is -0.506. The van der Waals surface area contributed by atoms with Crippen molar-refractivity contribution in [3.63, 3.8) is 0 Å². The summed E-state index contributed by atoms with van der Waals surface area (Å²) < 4.78 is 11.0. The summed E-state index contributed by atoms with van der Waals surface area (Å²) in [6.45, 7) is 8.48. The third-order valence-electron chi connectivity index (χ3n) is 2.96. The van der Waals surface area contributed by atoms with Gasteiger partial charge in [-0.15, -0.1) is 0 Å². The van der Waals surface area contributed by atoms with Gasteiger partial charge in [-0.1, -0.05) is 13.8 Å². The zero-order valence-electron chi connectivity index (χ0n) is 12.4. The monoisotopic (exact) mass is 267 g/mol. The summed E-state index contributed by atoms with van der Waals surface area (Å²) in [5.74, 6) is 1.58. The highest BCUT2D eigenvalue weighted by atomic mass is 16.5. The standard InChI is InChI=1S/C15H25NO3/c1-10(2)16-9-13-8-14(18-5)6-7-15(13)19-12(4)11(3)17/h6-8,10-12,16-17H,9H2,1-5H3. The zero-order valence-corrected chi connectivity index (χ0v) is 12.4. The Morgan fingerprint density at radius 3 is 2.42 bits per heavy atom. The van der Waals surface area contributed by atoms with Crippen LogP contribution in [0.1, 0.15) is 33.3 Å². The molecule has 0 heterocycles. The maximum atomic E-state index is 9.53. The maximum absolute atomic E-state index is 9.53. The molecule has 0 radical (unpaired) electrons. The summed E-state index contributed by atoms with van der Waals surface area (Å²) >= 11 is 0. The van der Waals surface area contributed by atoms with E-state index in [9.17, 15) is 5.11 Å². The predicted molar refractivity (Wildman–Crippen MR) is 76.7 cm³/mol. The van der Waals surface area contributed by atoms with Crippen LogP contribution in [0.4, 0.5) is 0 Å². The van der Waals surface area contributed by atoms with E-state index in [0.717, 1.165) is 17.1 Å². The van der Waals surface area contributed by atoms with Crippen molar-refractivity contribution in [2.24, 2.45) is 0 Å². The van der Waals surface area contributed by atoms with Crippen LogP contribution in [0, 0.1) is 0 Å². The highest BCUT2D eigenvalue weighted by Crippen LogP contribution is 2.25. The molecule has 2 unspecified atom stereocenters. The number of hydrogen-bond acceptors (Lipinski definition) is 4. The molecular formula is C15H25NO3. The molecule has 0 aliphatic carbocycles. The number of rotatable bonds is 7. The molecule has 0 saturated carbocycles. The van der Waals surface area contributed by atoms with Crippen molar-refractivity contribution in [1.29, 1.82) is 0 Å². The number of aliphatic hydroxyl groups excluding tert-OH is 1. The first-order valence-electron chi connectivity index (χ1n) is 6.69. The second kappa shape index (κ2) is 7.36. The van der Waals surface area contributed by atoms with Crippen LogP contribution in [0.3, 0.4) is 0 Å². The Hall–Kier alpha value is -1.26. The third kappa shape index (κ3) is 5.09. The molecule has 0 spiro atoms. The van der Waals surface area contributed by atoms with Crippen molar-refractivity contribution in [1.82, 2.24) is 5.32 Å². The van der Waals surface area contributed by atoms with Gasteiger partial charge in [-0.25, -0.2) is 0 Å². The summed E-state index contributed by atoms with van der Waals surface area (Å²) in [5.41, 5.74) is 1.03. The van der Waals surface area contributed by atoms with Crippen LogP contribution < -0.4 is 14.8 Å². The van der Waals surface area contributed by atoms with Crippen LogP contribution in [-0.4, -0.2) is 30.5 Å². The maximum Gasteiger partial charge on any atom is 0.124 e. The lowest BCUT2D eigenvalue weighted by Crippen LogP contribution is -2.27. The molecule has 0 amide bonds. The lowest BCUT2D eigenvalue weighted by Gasteiger charge is -2.20. The molecule has 1 rings (SSSR count). The van der Waals surface area contributed by atoms with E-state index in [2.05, 4.69) is 19.2 Å². The summed E-state index contributed by atoms with van der Waals surface area (Å²) in [5, 5.41) is 12.9. The average Bonchev–Trinajstić information content (AvgIpc) is 2.37. The van der Waals surface area contributed by atoms with Crippen molar-refractivity contribution >= 4 is 0 Å². The van der Waals surface area contributed by atoms with E-state index in [1.807, 2.05) is 25.1 Å². The second-order valence-corrected chi connectivity index (χ2v) is 5.07. The number of hydrogen-bond donors (Lipinski definition) is 2. The summed E-state index contributed by atoms with van der Waals surface area (Å²) in [7, 11) is 1.65. The highest BCUT2D eigenvalue weighted by molar-refractivity contribution is 5.40. The van der Waals surface area contributed by atoms with Gasteiger partial charge >= 0.3 is 0 Å². The molecule has 0 aliphatic heterocycles. The summed E-state index contributed by atoms with van der Waals surface area (Å²) in [6, 6.07) is 6.10. The number of ether oxygens (including phenoxy) is 2. The van der Waals surface area contributed by atoms with Crippen LogP contribution >= 0.6 is 0 Å². The summed E-state index contributed by atoms with van der Waals surface area (Å²) in [4.78, 5) is 0. The molecule has 2 N–H and O–H groups in total. The van der Waals surface area contributed by atoms with E-state index in [1.54, 1.807) is 14.0 Å². The van der Waals surface area contributed by atoms with Gasteiger partial charge < -0.3 is 19.9 Å². The number of aliphatic hydroxyl groups is 1. The van der Waals surface area contributed by atoms with Crippen LogP contribution in [0.2, 0.25) is 0 Å². The smallest absolute Gasteiger partial charge is 0.124 e. The van der Waals surface area contributed by atoms with Crippen LogP contribution in [0.15, 0.2) is 18.2 Å². The van der Waals surface area contributed by atoms with E-state index in [0.29, 0.717) is 12.6 Å². The SMILES string of the molecule is COc1ccc(OC(C)C(C)O)c(CNC(C)C)c1. The van der Waals surface area contributed by atoms with Gasteiger partial charge in [0.1, 0.15) is 17.6 Å². The van der Waals surface area contributed by atoms with Crippen molar-refractivity contribution in [2.75, 3.05) is 7.11 Å². The Morgan fingerprint density at radius 2 is 1.89 bits per heavy atom. The van der Waals surface area contributed by atoms with Crippen molar-refractivity contribution in [3.8, 4) is 11.5 Å². The Bertz CT molecular complexity index is 391. The molecule has 19 heavy (non-hydrogen) atoms. The van der Waals surface area contributed by atoms with E-state index < -0.39 is 6.10 Å². The first-order valence-corrected chi connectivity index (χ1v) is 6.69. The normalized spacial score (nSPS) is 14.3. The highest BCUT2D eigenvalue weighted by Gasteiger charge is 2.13. The lowest BCUT2D eigenvalue weighted by atomic mass is 10.1. The van der Waals surface area contributed by atoms with Gasteiger partial charge in [-0.3, -0.25) is 0 Å². The molecule has 4 heteroatoms. The third-order valence-corrected chi connectivity index (χ3v) is 2.96. The molecule has 0 fully saturated rings. The Morgan fingerprint density at radius 1 is 1.21 bits per heavy atom. The largest absolute Gasteiger partial charge is 0.497 e. The molecule has 0 saturated heterocycles. The van der Waals surface area contributed by atoms with Gasteiger partial charge in [-0.05, 0) is 32.0 Å². The summed E-state index contributed by atoms with van der Waals surface area (Å²) in [6.07, 6.45) is -0.751. The zero-order chi connectivity index (χ0) is 14.4. The molecule has 0 aromatic heterocycles. The minimum absolute atomic E-state index is 0.244. The predicted octanol–water partition coefficient (Wildman–Crippen LogP) is 2.34.